The van der Waals surface area contributed by atoms with Crippen LogP contribution in [-0.4, -0.2) is 20.4 Å². The number of hydrogen-bond donors (Lipinski definition) is 3. The number of amides is 2. The summed E-state index contributed by atoms with van der Waals surface area (Å²) in [6.07, 6.45) is 3.54. The third-order valence-electron chi connectivity index (χ3n) is 5.76. The molecule has 176 valence electrons. The number of benzene rings is 3. The number of rotatable bonds is 3. The molecule has 7 nitrogen and oxygen atoms in total. The topological polar surface area (TPSA) is 97.3 Å². The number of nitrogens with two attached hydrogens (primary N) is 1. The number of anilines is 3. The van der Waals surface area contributed by atoms with E-state index >= 15 is 0 Å². The Morgan fingerprint density at radius 3 is 2.51 bits per heavy atom. The number of aromatic nitrogens is 3. The largest absolute Gasteiger partial charge is 0.382 e. The number of fused-ring (bicyclic) bond motifs is 2. The predicted molar refractivity (Wildman–Crippen MR) is 138 cm³/mol. The minimum atomic E-state index is -0.468. The molecule has 2 aromatic heterocycles. The summed E-state index contributed by atoms with van der Waals surface area (Å²) in [5.41, 5.74) is 9.42. The Balaban J connectivity index is 1.60. The number of urea groups is 1. The van der Waals surface area contributed by atoms with Crippen molar-refractivity contribution in [2.24, 2.45) is 0 Å². The van der Waals surface area contributed by atoms with Crippen LogP contribution in [0.1, 0.15) is 26.6 Å². The molecule has 0 unspecified atom stereocenters. The van der Waals surface area contributed by atoms with Crippen molar-refractivity contribution in [1.29, 1.82) is 0 Å². The maximum Gasteiger partial charge on any atom is 0.323 e. The molecular formula is C27H25FN6O. The van der Waals surface area contributed by atoms with Gasteiger partial charge in [0.15, 0.2) is 0 Å². The Morgan fingerprint density at radius 2 is 1.77 bits per heavy atom. The van der Waals surface area contributed by atoms with Crippen LogP contribution in [0.25, 0.3) is 27.5 Å². The number of halogens is 1. The molecule has 0 spiro atoms. The van der Waals surface area contributed by atoms with E-state index in [0.29, 0.717) is 17.2 Å². The molecule has 0 saturated heterocycles. The summed E-state index contributed by atoms with van der Waals surface area (Å²) in [5, 5.41) is 7.27. The number of carbonyl (C=O) groups excluding carboxylic acids is 1. The average molecular weight is 469 g/mol. The second-order valence-electron chi connectivity index (χ2n) is 9.36. The summed E-state index contributed by atoms with van der Waals surface area (Å²) in [7, 11) is 0. The van der Waals surface area contributed by atoms with E-state index in [1.54, 1.807) is 12.3 Å². The van der Waals surface area contributed by atoms with E-state index in [-0.39, 0.29) is 5.41 Å². The van der Waals surface area contributed by atoms with Gasteiger partial charge in [-0.3, -0.25) is 4.40 Å². The summed E-state index contributed by atoms with van der Waals surface area (Å²) in [5.74, 6) is 0.844. The molecule has 3 aromatic carbocycles. The third kappa shape index (κ3) is 4.14. The van der Waals surface area contributed by atoms with Gasteiger partial charge < -0.3 is 16.4 Å². The van der Waals surface area contributed by atoms with Gasteiger partial charge in [-0.1, -0.05) is 57.2 Å². The Kier molecular flexibility index (Phi) is 5.36. The van der Waals surface area contributed by atoms with Crippen molar-refractivity contribution in [3.63, 3.8) is 0 Å². The van der Waals surface area contributed by atoms with E-state index in [0.717, 1.165) is 33.4 Å². The molecule has 0 saturated carbocycles. The number of nitrogens with one attached hydrogen (secondary N) is 2. The van der Waals surface area contributed by atoms with Crippen LogP contribution in [0.2, 0.25) is 0 Å². The van der Waals surface area contributed by atoms with Crippen molar-refractivity contribution in [2.75, 3.05) is 16.4 Å². The lowest BCUT2D eigenvalue weighted by Crippen LogP contribution is -2.19. The maximum atomic E-state index is 13.5. The first kappa shape index (κ1) is 22.3. The summed E-state index contributed by atoms with van der Waals surface area (Å²) < 4.78 is 15.5. The fourth-order valence-electron chi connectivity index (χ4n) is 4.25. The zero-order valence-electron chi connectivity index (χ0n) is 19.6. The summed E-state index contributed by atoms with van der Waals surface area (Å²) in [6, 6.07) is 16.8. The zero-order chi connectivity index (χ0) is 24.7. The number of carbonyl (C=O) groups is 1. The Labute approximate surface area is 201 Å². The molecule has 0 fully saturated rings. The Hall–Kier alpha value is -4.46. The van der Waals surface area contributed by atoms with Crippen molar-refractivity contribution >= 4 is 39.5 Å². The van der Waals surface area contributed by atoms with Gasteiger partial charge in [-0.2, -0.15) is 0 Å². The predicted octanol–water partition coefficient (Wildman–Crippen LogP) is 6.21. The molecule has 5 aromatic rings. The first-order chi connectivity index (χ1) is 16.7. The van der Waals surface area contributed by atoms with E-state index in [2.05, 4.69) is 36.4 Å². The van der Waals surface area contributed by atoms with E-state index < -0.39 is 11.8 Å². The molecule has 0 radical (unpaired) electrons. The highest BCUT2D eigenvalue weighted by atomic mass is 19.1. The smallest absolute Gasteiger partial charge is 0.323 e. The van der Waals surface area contributed by atoms with Gasteiger partial charge in [0, 0.05) is 34.4 Å². The molecule has 0 atom stereocenters. The van der Waals surface area contributed by atoms with Crippen molar-refractivity contribution in [1.82, 2.24) is 14.4 Å². The van der Waals surface area contributed by atoms with Crippen molar-refractivity contribution in [3.05, 3.63) is 84.7 Å². The first-order valence-electron chi connectivity index (χ1n) is 11.2. The van der Waals surface area contributed by atoms with Gasteiger partial charge in [0.05, 0.1) is 5.69 Å². The quantitative estimate of drug-likeness (QED) is 0.293. The average Bonchev–Trinajstić information content (AvgIpc) is 3.21. The lowest BCUT2D eigenvalue weighted by Gasteiger charge is -2.16. The SMILES string of the molecule is CC(C)(C)c1nc(-c2ccc(NC(=O)Nc3cccc(F)c3)c3ccccc23)c2c(N)nccn12. The van der Waals surface area contributed by atoms with Crippen LogP contribution in [-0.2, 0) is 5.41 Å². The molecular weight excluding hydrogens is 443 g/mol. The molecule has 2 heterocycles. The highest BCUT2D eigenvalue weighted by Crippen LogP contribution is 2.38. The minimum absolute atomic E-state index is 0.221. The standard InChI is InChI=1S/C27H25FN6O/c1-27(2,3)25-33-22(23-24(29)30-13-14-34(23)25)20-11-12-21(19-10-5-4-9-18(19)20)32-26(35)31-17-8-6-7-16(28)15-17/h4-15H,1-3H3,(H2,29,30)(H2,31,32,35). The van der Waals surface area contributed by atoms with Crippen LogP contribution < -0.4 is 16.4 Å². The normalized spacial score (nSPS) is 11.7. The number of imidazole rings is 1. The first-order valence-corrected chi connectivity index (χ1v) is 11.2. The summed E-state index contributed by atoms with van der Waals surface area (Å²) >= 11 is 0. The molecule has 4 N–H and O–H groups in total. The fourth-order valence-corrected chi connectivity index (χ4v) is 4.25. The lowest BCUT2D eigenvalue weighted by molar-refractivity contribution is 0.262. The second kappa shape index (κ2) is 8.39. The number of hydrogen-bond acceptors (Lipinski definition) is 4. The minimum Gasteiger partial charge on any atom is -0.382 e. The van der Waals surface area contributed by atoms with Gasteiger partial charge in [0.2, 0.25) is 0 Å². The van der Waals surface area contributed by atoms with Crippen molar-refractivity contribution in [2.45, 2.75) is 26.2 Å². The van der Waals surface area contributed by atoms with E-state index in [1.807, 2.05) is 47.0 Å². The third-order valence-corrected chi connectivity index (χ3v) is 5.76. The van der Waals surface area contributed by atoms with Crippen LogP contribution >= 0.6 is 0 Å². The van der Waals surface area contributed by atoms with Gasteiger partial charge in [0.1, 0.15) is 28.7 Å². The van der Waals surface area contributed by atoms with Crippen LogP contribution in [0.3, 0.4) is 0 Å². The van der Waals surface area contributed by atoms with Crippen LogP contribution in [0, 0.1) is 5.82 Å². The molecule has 0 aliphatic carbocycles. The van der Waals surface area contributed by atoms with Crippen molar-refractivity contribution in [3.8, 4) is 11.3 Å². The van der Waals surface area contributed by atoms with E-state index in [1.165, 1.54) is 18.2 Å². The molecule has 5 rings (SSSR count). The molecule has 2 amide bonds. The summed E-state index contributed by atoms with van der Waals surface area (Å²) in [6.45, 7) is 6.31. The van der Waals surface area contributed by atoms with E-state index in [9.17, 15) is 9.18 Å². The number of nitrogen functional groups attached to an aromatic ring is 1. The van der Waals surface area contributed by atoms with Crippen LogP contribution in [0.15, 0.2) is 73.1 Å². The van der Waals surface area contributed by atoms with E-state index in [4.69, 9.17) is 10.7 Å². The fraction of sp³-hybridized carbons (Fsp3) is 0.148. The zero-order valence-corrected chi connectivity index (χ0v) is 19.6. The molecule has 8 heteroatoms. The van der Waals surface area contributed by atoms with Gasteiger partial charge in [-0.05, 0) is 29.7 Å². The highest BCUT2D eigenvalue weighted by molar-refractivity contribution is 6.10. The molecule has 35 heavy (non-hydrogen) atoms. The number of nitrogens with zero attached hydrogens (tertiary/aromatic N) is 3. The summed E-state index contributed by atoms with van der Waals surface area (Å²) in [4.78, 5) is 21.9. The van der Waals surface area contributed by atoms with Gasteiger partial charge in [-0.25, -0.2) is 19.2 Å². The Bertz CT molecular complexity index is 1580. The molecule has 0 aliphatic heterocycles. The van der Waals surface area contributed by atoms with Crippen molar-refractivity contribution < 1.29 is 9.18 Å². The van der Waals surface area contributed by atoms with Crippen LogP contribution in [0.5, 0.6) is 0 Å². The maximum absolute atomic E-state index is 13.5. The second-order valence-corrected chi connectivity index (χ2v) is 9.36. The van der Waals surface area contributed by atoms with Gasteiger partial charge >= 0.3 is 6.03 Å². The molecule has 0 aliphatic rings. The highest BCUT2D eigenvalue weighted by Gasteiger charge is 2.25. The van der Waals surface area contributed by atoms with Gasteiger partial charge in [-0.15, -0.1) is 0 Å². The van der Waals surface area contributed by atoms with Crippen LogP contribution in [0.4, 0.5) is 26.4 Å². The lowest BCUT2D eigenvalue weighted by atomic mass is 9.96. The Morgan fingerprint density at radius 1 is 1.00 bits per heavy atom. The monoisotopic (exact) mass is 468 g/mol. The van der Waals surface area contributed by atoms with Gasteiger partial charge in [0.25, 0.3) is 0 Å². The molecule has 0 bridgehead atoms.